The Morgan fingerprint density at radius 1 is 0.708 bits per heavy atom. The summed E-state index contributed by atoms with van der Waals surface area (Å²) in [5.74, 6) is 0.286. The fraction of sp³-hybridized carbons (Fsp3) is 0.955. The summed E-state index contributed by atoms with van der Waals surface area (Å²) in [6, 6.07) is 0. The molecule has 142 valence electrons. The molecule has 1 fully saturated rings. The average Bonchev–Trinajstić information content (AvgIpc) is 2.62. The van der Waals surface area contributed by atoms with Crippen LogP contribution < -0.4 is 0 Å². The summed E-state index contributed by atoms with van der Waals surface area (Å²) in [5.41, 5.74) is 0. The summed E-state index contributed by atoms with van der Waals surface area (Å²) in [4.78, 5) is 11.9. The van der Waals surface area contributed by atoms with Crippen LogP contribution in [0.5, 0.6) is 0 Å². The van der Waals surface area contributed by atoms with E-state index in [1.54, 1.807) is 0 Å². The molecule has 0 aliphatic heterocycles. The molecule has 1 aliphatic rings. The van der Waals surface area contributed by atoms with E-state index in [0.29, 0.717) is 6.61 Å². The standard InChI is InChI=1S/C22H42O2/c1-2-3-4-5-6-7-8-9-10-11-12-13-17-20-24-22(23)21-18-15-14-16-19-21/h21H,2-20H2,1H3. The van der Waals surface area contributed by atoms with Crippen LogP contribution in [0.3, 0.4) is 0 Å². The number of hydrogen-bond donors (Lipinski definition) is 0. The van der Waals surface area contributed by atoms with Crippen molar-refractivity contribution in [1.82, 2.24) is 0 Å². The van der Waals surface area contributed by atoms with E-state index in [0.717, 1.165) is 19.3 Å². The molecule has 2 heteroatoms. The van der Waals surface area contributed by atoms with E-state index in [4.69, 9.17) is 4.74 Å². The van der Waals surface area contributed by atoms with Gasteiger partial charge < -0.3 is 4.74 Å². The van der Waals surface area contributed by atoms with Crippen LogP contribution in [0.25, 0.3) is 0 Å². The lowest BCUT2D eigenvalue weighted by molar-refractivity contribution is -0.149. The van der Waals surface area contributed by atoms with Gasteiger partial charge in [0.2, 0.25) is 0 Å². The molecule has 0 aromatic rings. The van der Waals surface area contributed by atoms with Gasteiger partial charge in [-0.15, -0.1) is 0 Å². The molecule has 0 saturated heterocycles. The highest BCUT2D eigenvalue weighted by atomic mass is 16.5. The molecule has 0 amide bonds. The summed E-state index contributed by atoms with van der Waals surface area (Å²) in [6.45, 7) is 2.92. The topological polar surface area (TPSA) is 26.3 Å². The number of ether oxygens (including phenoxy) is 1. The molecule has 0 atom stereocenters. The molecule has 0 radical (unpaired) electrons. The molecule has 0 bridgehead atoms. The second-order valence-corrected chi connectivity index (χ2v) is 7.75. The summed E-state index contributed by atoms with van der Waals surface area (Å²) in [6.07, 6.45) is 23.5. The molecule has 0 spiro atoms. The second-order valence-electron chi connectivity index (χ2n) is 7.75. The van der Waals surface area contributed by atoms with Gasteiger partial charge in [-0.1, -0.05) is 103 Å². The first-order valence-corrected chi connectivity index (χ1v) is 11.0. The highest BCUT2D eigenvalue weighted by molar-refractivity contribution is 5.72. The Labute approximate surface area is 151 Å². The van der Waals surface area contributed by atoms with Gasteiger partial charge in [0.05, 0.1) is 12.5 Å². The lowest BCUT2D eigenvalue weighted by Gasteiger charge is -2.19. The van der Waals surface area contributed by atoms with Gasteiger partial charge in [-0.05, 0) is 19.3 Å². The highest BCUT2D eigenvalue weighted by Gasteiger charge is 2.21. The molecule has 1 rings (SSSR count). The molecule has 0 N–H and O–H groups in total. The monoisotopic (exact) mass is 338 g/mol. The van der Waals surface area contributed by atoms with E-state index in [1.807, 2.05) is 0 Å². The Hall–Kier alpha value is -0.530. The number of esters is 1. The Bertz CT molecular complexity index is 282. The fourth-order valence-corrected chi connectivity index (χ4v) is 3.75. The van der Waals surface area contributed by atoms with Crippen molar-refractivity contribution in [2.24, 2.45) is 5.92 Å². The summed E-state index contributed by atoms with van der Waals surface area (Å²) in [7, 11) is 0. The summed E-state index contributed by atoms with van der Waals surface area (Å²) in [5, 5.41) is 0. The minimum absolute atomic E-state index is 0.0774. The number of unbranched alkanes of at least 4 members (excludes halogenated alkanes) is 12. The lowest BCUT2D eigenvalue weighted by atomic mass is 9.89. The third kappa shape index (κ3) is 11.9. The highest BCUT2D eigenvalue weighted by Crippen LogP contribution is 2.24. The van der Waals surface area contributed by atoms with E-state index in [2.05, 4.69) is 6.92 Å². The van der Waals surface area contributed by atoms with Crippen molar-refractivity contribution in [2.45, 2.75) is 122 Å². The Morgan fingerprint density at radius 3 is 1.67 bits per heavy atom. The first kappa shape index (κ1) is 21.5. The zero-order valence-corrected chi connectivity index (χ0v) is 16.3. The van der Waals surface area contributed by atoms with E-state index in [9.17, 15) is 4.79 Å². The van der Waals surface area contributed by atoms with Crippen LogP contribution in [0.1, 0.15) is 122 Å². The summed E-state index contributed by atoms with van der Waals surface area (Å²) >= 11 is 0. The largest absolute Gasteiger partial charge is 0.465 e. The molecule has 0 aromatic heterocycles. The molecule has 1 saturated carbocycles. The Kier molecular flexibility index (Phi) is 14.3. The SMILES string of the molecule is CCCCCCCCCCCCCCCOC(=O)C1CCCCC1. The third-order valence-electron chi connectivity index (χ3n) is 5.43. The van der Waals surface area contributed by atoms with Crippen LogP contribution in [0.4, 0.5) is 0 Å². The lowest BCUT2D eigenvalue weighted by Crippen LogP contribution is -2.20. The van der Waals surface area contributed by atoms with Crippen LogP contribution in [0.2, 0.25) is 0 Å². The van der Waals surface area contributed by atoms with Crippen molar-refractivity contribution in [2.75, 3.05) is 6.61 Å². The van der Waals surface area contributed by atoms with Gasteiger partial charge in [0, 0.05) is 0 Å². The van der Waals surface area contributed by atoms with Gasteiger partial charge in [-0.3, -0.25) is 4.79 Å². The zero-order valence-electron chi connectivity index (χ0n) is 16.3. The van der Waals surface area contributed by atoms with Gasteiger partial charge in [0.25, 0.3) is 0 Å². The normalized spacial score (nSPS) is 15.5. The van der Waals surface area contributed by atoms with Gasteiger partial charge in [0.1, 0.15) is 0 Å². The maximum atomic E-state index is 11.9. The molecule has 24 heavy (non-hydrogen) atoms. The van der Waals surface area contributed by atoms with E-state index in [1.165, 1.54) is 96.3 Å². The molecule has 0 unspecified atom stereocenters. The van der Waals surface area contributed by atoms with Gasteiger partial charge in [0.15, 0.2) is 0 Å². The Morgan fingerprint density at radius 2 is 1.17 bits per heavy atom. The number of rotatable bonds is 15. The average molecular weight is 339 g/mol. The maximum absolute atomic E-state index is 11.9. The summed E-state index contributed by atoms with van der Waals surface area (Å²) < 4.78 is 5.44. The van der Waals surface area contributed by atoms with Crippen LogP contribution in [-0.2, 0) is 9.53 Å². The molecular formula is C22H42O2. The smallest absolute Gasteiger partial charge is 0.308 e. The zero-order chi connectivity index (χ0) is 17.3. The van der Waals surface area contributed by atoms with Crippen LogP contribution >= 0.6 is 0 Å². The van der Waals surface area contributed by atoms with E-state index >= 15 is 0 Å². The van der Waals surface area contributed by atoms with Crippen molar-refractivity contribution >= 4 is 5.97 Å². The van der Waals surface area contributed by atoms with Crippen LogP contribution in [0, 0.1) is 5.92 Å². The molecule has 2 nitrogen and oxygen atoms in total. The first-order valence-electron chi connectivity index (χ1n) is 11.0. The van der Waals surface area contributed by atoms with Crippen molar-refractivity contribution in [1.29, 1.82) is 0 Å². The number of carbonyl (C=O) groups excluding carboxylic acids is 1. The van der Waals surface area contributed by atoms with Crippen molar-refractivity contribution in [3.05, 3.63) is 0 Å². The molecule has 1 aliphatic carbocycles. The second kappa shape index (κ2) is 16.0. The van der Waals surface area contributed by atoms with Crippen LogP contribution in [0.15, 0.2) is 0 Å². The quantitative estimate of drug-likeness (QED) is 0.233. The van der Waals surface area contributed by atoms with Gasteiger partial charge in [-0.2, -0.15) is 0 Å². The van der Waals surface area contributed by atoms with E-state index < -0.39 is 0 Å². The van der Waals surface area contributed by atoms with Crippen molar-refractivity contribution in [3.63, 3.8) is 0 Å². The van der Waals surface area contributed by atoms with Gasteiger partial charge >= 0.3 is 5.97 Å². The number of hydrogen-bond acceptors (Lipinski definition) is 2. The molecule has 0 aromatic carbocycles. The predicted octanol–water partition coefficient (Wildman–Crippen LogP) is 7.20. The number of carbonyl (C=O) groups is 1. The first-order chi connectivity index (χ1) is 11.8. The van der Waals surface area contributed by atoms with E-state index in [-0.39, 0.29) is 11.9 Å². The van der Waals surface area contributed by atoms with Crippen molar-refractivity contribution in [3.8, 4) is 0 Å². The third-order valence-corrected chi connectivity index (χ3v) is 5.43. The van der Waals surface area contributed by atoms with Crippen molar-refractivity contribution < 1.29 is 9.53 Å². The van der Waals surface area contributed by atoms with Crippen LogP contribution in [-0.4, -0.2) is 12.6 Å². The molecular weight excluding hydrogens is 296 g/mol. The minimum Gasteiger partial charge on any atom is -0.465 e. The Balaban J connectivity index is 1.75. The fourth-order valence-electron chi connectivity index (χ4n) is 3.75. The van der Waals surface area contributed by atoms with Gasteiger partial charge in [-0.25, -0.2) is 0 Å². The predicted molar refractivity (Wildman–Crippen MR) is 103 cm³/mol. The maximum Gasteiger partial charge on any atom is 0.308 e. The minimum atomic E-state index is 0.0774. The molecule has 0 heterocycles.